The van der Waals surface area contributed by atoms with Crippen molar-refractivity contribution >= 4 is 39.6 Å². The minimum atomic E-state index is -0.551. The van der Waals surface area contributed by atoms with Crippen LogP contribution in [0.15, 0.2) is 30.6 Å². The van der Waals surface area contributed by atoms with Crippen molar-refractivity contribution in [3.63, 3.8) is 0 Å². The van der Waals surface area contributed by atoms with Gasteiger partial charge in [-0.1, -0.05) is 52.8 Å². The van der Waals surface area contributed by atoms with Crippen molar-refractivity contribution in [3.05, 3.63) is 30.6 Å². The minimum Gasteiger partial charge on any atom is -0.347 e. The molecule has 0 radical (unpaired) electrons. The second-order valence-electron chi connectivity index (χ2n) is 8.45. The van der Waals surface area contributed by atoms with Crippen LogP contribution in [-0.2, 0) is 16.1 Å². The van der Waals surface area contributed by atoms with Gasteiger partial charge in [0.15, 0.2) is 5.82 Å². The van der Waals surface area contributed by atoms with Crippen molar-refractivity contribution in [2.45, 2.75) is 41.2 Å². The summed E-state index contributed by atoms with van der Waals surface area (Å²) >= 11 is 0. The lowest BCUT2D eigenvalue weighted by Crippen LogP contribution is -2.39. The lowest BCUT2D eigenvalue weighted by atomic mass is 9.96. The lowest BCUT2D eigenvalue weighted by Gasteiger charge is -2.17. The van der Waals surface area contributed by atoms with Gasteiger partial charge in [0.1, 0.15) is 5.52 Å². The molecule has 0 saturated heterocycles. The van der Waals surface area contributed by atoms with Crippen molar-refractivity contribution < 1.29 is 9.59 Å². The molecule has 1 aromatic carbocycles. The molecular weight excluding hydrogens is 354 g/mol. The van der Waals surface area contributed by atoms with Gasteiger partial charge in [-0.15, -0.1) is 0 Å². The molecule has 0 aliphatic carbocycles. The van der Waals surface area contributed by atoms with Gasteiger partial charge in [-0.05, 0) is 12.0 Å². The summed E-state index contributed by atoms with van der Waals surface area (Å²) in [6.45, 7) is 10.4. The van der Waals surface area contributed by atoms with Crippen LogP contribution in [0.1, 0.15) is 34.6 Å². The van der Waals surface area contributed by atoms with Gasteiger partial charge in [0.2, 0.25) is 11.8 Å². The Morgan fingerprint density at radius 2 is 1.89 bits per heavy atom. The van der Waals surface area contributed by atoms with Crippen LogP contribution in [0, 0.1) is 11.3 Å². The average Bonchev–Trinajstić information content (AvgIpc) is 3.02. The second kappa shape index (κ2) is 7.58. The Balaban J connectivity index is 1.93. The van der Waals surface area contributed by atoms with E-state index in [2.05, 4.69) is 39.0 Å². The molecule has 0 bridgehead atoms. The second-order valence-corrected chi connectivity index (χ2v) is 8.45. The number of para-hydroxylation sites is 1. The van der Waals surface area contributed by atoms with Crippen molar-refractivity contribution in [2.75, 3.05) is 11.9 Å². The molecule has 3 rings (SSSR count). The van der Waals surface area contributed by atoms with Gasteiger partial charge in [-0.2, -0.15) is 0 Å². The fourth-order valence-electron chi connectivity index (χ4n) is 3.00. The average molecular weight is 381 g/mol. The number of aromatic nitrogens is 3. The van der Waals surface area contributed by atoms with Crippen LogP contribution in [0.25, 0.3) is 21.9 Å². The first-order valence-corrected chi connectivity index (χ1v) is 9.48. The first kappa shape index (κ1) is 19.8. The highest BCUT2D eigenvalue weighted by Gasteiger charge is 2.22. The van der Waals surface area contributed by atoms with E-state index in [9.17, 15) is 9.59 Å². The van der Waals surface area contributed by atoms with Gasteiger partial charge in [0.05, 0.1) is 23.9 Å². The maximum Gasteiger partial charge on any atom is 0.244 e. The predicted octanol–water partition coefficient (Wildman–Crippen LogP) is 3.34. The Bertz CT molecular complexity index is 1030. The third-order valence-electron chi connectivity index (χ3n) is 4.36. The summed E-state index contributed by atoms with van der Waals surface area (Å²) in [5, 5.41) is 6.46. The van der Waals surface area contributed by atoms with Gasteiger partial charge in [0.25, 0.3) is 0 Å². The fourth-order valence-corrected chi connectivity index (χ4v) is 3.00. The summed E-state index contributed by atoms with van der Waals surface area (Å²) in [6.07, 6.45) is 1.79. The molecule has 0 aliphatic rings. The van der Waals surface area contributed by atoms with Crippen LogP contribution in [-0.4, -0.2) is 32.9 Å². The van der Waals surface area contributed by atoms with E-state index < -0.39 is 5.41 Å². The molecule has 7 nitrogen and oxygen atoms in total. The van der Waals surface area contributed by atoms with E-state index in [0.717, 1.165) is 23.0 Å². The summed E-state index contributed by atoms with van der Waals surface area (Å²) in [5.74, 6) is 0.349. The zero-order chi connectivity index (χ0) is 20.5. The van der Waals surface area contributed by atoms with Crippen molar-refractivity contribution in [1.82, 2.24) is 19.9 Å². The van der Waals surface area contributed by atoms with Crippen LogP contribution < -0.4 is 10.6 Å². The number of amides is 2. The quantitative estimate of drug-likeness (QED) is 0.709. The van der Waals surface area contributed by atoms with Gasteiger partial charge < -0.3 is 15.2 Å². The monoisotopic (exact) mass is 381 g/mol. The molecule has 2 heterocycles. The predicted molar refractivity (Wildman–Crippen MR) is 111 cm³/mol. The van der Waals surface area contributed by atoms with E-state index in [1.54, 1.807) is 27.1 Å². The Morgan fingerprint density at radius 3 is 2.57 bits per heavy atom. The highest BCUT2D eigenvalue weighted by molar-refractivity contribution is 6.09. The summed E-state index contributed by atoms with van der Waals surface area (Å²) in [7, 11) is 0. The van der Waals surface area contributed by atoms with Crippen LogP contribution in [0.2, 0.25) is 0 Å². The number of nitrogens with zero attached hydrogens (tertiary/aromatic N) is 3. The maximum atomic E-state index is 12.4. The van der Waals surface area contributed by atoms with E-state index in [4.69, 9.17) is 0 Å². The van der Waals surface area contributed by atoms with E-state index in [1.165, 1.54) is 0 Å². The Hall–Kier alpha value is -2.96. The number of nitrogens with one attached hydrogen (secondary N) is 2. The first-order valence-electron chi connectivity index (χ1n) is 9.48. The van der Waals surface area contributed by atoms with Crippen molar-refractivity contribution in [3.8, 4) is 0 Å². The number of hydrogen-bond donors (Lipinski definition) is 2. The summed E-state index contributed by atoms with van der Waals surface area (Å²) < 4.78 is 2.10. The Labute approximate surface area is 164 Å². The molecule has 3 aromatic rings. The fraction of sp³-hybridized carbons (Fsp3) is 0.429. The van der Waals surface area contributed by atoms with E-state index in [1.807, 2.05) is 24.3 Å². The molecule has 28 heavy (non-hydrogen) atoms. The number of imidazole rings is 1. The molecule has 2 N–H and O–H groups in total. The molecule has 0 aliphatic heterocycles. The SMILES string of the molecule is CC(C)Cn1cnc2c(NC(=O)CNC(=O)C(C)(C)C)nc3ccccc3c21. The molecule has 0 unspecified atom stereocenters. The number of benzene rings is 1. The summed E-state index contributed by atoms with van der Waals surface area (Å²) in [6, 6.07) is 7.81. The highest BCUT2D eigenvalue weighted by atomic mass is 16.2. The molecule has 0 spiro atoms. The molecule has 148 valence electrons. The topological polar surface area (TPSA) is 88.9 Å². The number of rotatable bonds is 5. The standard InChI is InChI=1S/C21H27N5O2/c1-13(2)11-26-12-23-17-18(26)14-8-6-7-9-15(14)24-19(17)25-16(27)10-22-20(28)21(3,4)5/h6-9,12-13H,10-11H2,1-5H3,(H,22,28)(H,24,25,27). The zero-order valence-corrected chi connectivity index (χ0v) is 17.0. The number of fused-ring (bicyclic) bond motifs is 3. The molecule has 7 heteroatoms. The summed E-state index contributed by atoms with van der Waals surface area (Å²) in [4.78, 5) is 33.5. The zero-order valence-electron chi connectivity index (χ0n) is 17.0. The molecule has 2 amide bonds. The van der Waals surface area contributed by atoms with Gasteiger partial charge in [-0.3, -0.25) is 9.59 Å². The van der Waals surface area contributed by atoms with Crippen LogP contribution in [0.3, 0.4) is 0 Å². The number of anilines is 1. The van der Waals surface area contributed by atoms with Crippen LogP contribution in [0.4, 0.5) is 5.82 Å². The van der Waals surface area contributed by atoms with Crippen LogP contribution >= 0.6 is 0 Å². The largest absolute Gasteiger partial charge is 0.347 e. The molecule has 0 fully saturated rings. The molecule has 0 saturated carbocycles. The normalized spacial score (nSPS) is 11.9. The van der Waals surface area contributed by atoms with E-state index in [-0.39, 0.29) is 18.4 Å². The summed E-state index contributed by atoms with van der Waals surface area (Å²) in [5.41, 5.74) is 1.84. The molecule has 0 atom stereocenters. The molecular formula is C21H27N5O2. The maximum absolute atomic E-state index is 12.4. The minimum absolute atomic E-state index is 0.112. The van der Waals surface area contributed by atoms with E-state index in [0.29, 0.717) is 17.3 Å². The lowest BCUT2D eigenvalue weighted by molar-refractivity contribution is -0.130. The number of pyridine rings is 1. The number of carbonyl (C=O) groups excluding carboxylic acids is 2. The third kappa shape index (κ3) is 4.13. The Kier molecular flexibility index (Phi) is 5.36. The molecule has 2 aromatic heterocycles. The van der Waals surface area contributed by atoms with Gasteiger partial charge in [0, 0.05) is 17.3 Å². The Morgan fingerprint density at radius 1 is 1.18 bits per heavy atom. The highest BCUT2D eigenvalue weighted by Crippen LogP contribution is 2.29. The first-order chi connectivity index (χ1) is 13.2. The smallest absolute Gasteiger partial charge is 0.244 e. The van der Waals surface area contributed by atoms with E-state index >= 15 is 0 Å². The van der Waals surface area contributed by atoms with Crippen molar-refractivity contribution in [2.24, 2.45) is 11.3 Å². The van der Waals surface area contributed by atoms with Crippen LogP contribution in [0.5, 0.6) is 0 Å². The van der Waals surface area contributed by atoms with Gasteiger partial charge >= 0.3 is 0 Å². The third-order valence-corrected chi connectivity index (χ3v) is 4.36. The van der Waals surface area contributed by atoms with Gasteiger partial charge in [-0.25, -0.2) is 9.97 Å². The number of hydrogen-bond acceptors (Lipinski definition) is 4. The van der Waals surface area contributed by atoms with Crippen molar-refractivity contribution in [1.29, 1.82) is 0 Å². The number of carbonyl (C=O) groups is 2.